The van der Waals surface area contributed by atoms with Gasteiger partial charge in [-0.2, -0.15) is 0 Å². The van der Waals surface area contributed by atoms with Crippen LogP contribution in [0.15, 0.2) is 78.9 Å². The zero-order chi connectivity index (χ0) is 19.1. The second kappa shape index (κ2) is 9.21. The molecule has 4 nitrogen and oxygen atoms in total. The number of hydrogen-bond donors (Lipinski definition) is 3. The summed E-state index contributed by atoms with van der Waals surface area (Å²) >= 11 is 5.96. The van der Waals surface area contributed by atoms with E-state index in [0.29, 0.717) is 18.0 Å². The summed E-state index contributed by atoms with van der Waals surface area (Å²) in [6.45, 7) is 0.481. The predicted molar refractivity (Wildman–Crippen MR) is 112 cm³/mol. The number of nitrogens with one attached hydrogen (secondary N) is 2. The van der Waals surface area contributed by atoms with Crippen LogP contribution in [0.5, 0.6) is 0 Å². The summed E-state index contributed by atoms with van der Waals surface area (Å²) in [4.78, 5) is 12.6. The van der Waals surface area contributed by atoms with E-state index in [9.17, 15) is 4.79 Å². The number of hydrogen-bond acceptors (Lipinski definition) is 3. The van der Waals surface area contributed by atoms with Crippen LogP contribution in [0.3, 0.4) is 0 Å². The molecule has 1 atom stereocenters. The van der Waals surface area contributed by atoms with Crippen molar-refractivity contribution >= 4 is 28.9 Å². The van der Waals surface area contributed by atoms with Crippen LogP contribution in [0.1, 0.15) is 23.6 Å². The van der Waals surface area contributed by atoms with Crippen molar-refractivity contribution in [1.82, 2.24) is 0 Å². The van der Waals surface area contributed by atoms with Crippen molar-refractivity contribution in [2.45, 2.75) is 19.0 Å². The van der Waals surface area contributed by atoms with Gasteiger partial charge in [0.05, 0.1) is 12.5 Å². The highest BCUT2D eigenvalue weighted by Gasteiger charge is 2.16. The quantitative estimate of drug-likeness (QED) is 0.542. The third-order valence-electron chi connectivity index (χ3n) is 4.25. The fourth-order valence-corrected chi connectivity index (χ4v) is 2.93. The summed E-state index contributed by atoms with van der Waals surface area (Å²) in [6.07, 6.45) is 0.297. The summed E-state index contributed by atoms with van der Waals surface area (Å²) in [5, 5.41) is 7.05. The molecule has 5 heteroatoms. The molecule has 0 bridgehead atoms. The van der Waals surface area contributed by atoms with Gasteiger partial charge in [-0.3, -0.25) is 4.79 Å². The van der Waals surface area contributed by atoms with E-state index in [1.54, 1.807) is 0 Å². The van der Waals surface area contributed by atoms with Gasteiger partial charge in [0.25, 0.3) is 0 Å². The molecule has 0 heterocycles. The Morgan fingerprint density at radius 3 is 2.15 bits per heavy atom. The first-order valence-electron chi connectivity index (χ1n) is 8.80. The molecule has 0 saturated carbocycles. The highest BCUT2D eigenvalue weighted by atomic mass is 35.5. The maximum atomic E-state index is 12.6. The number of amides is 1. The summed E-state index contributed by atoms with van der Waals surface area (Å²) in [6, 6.07) is 24.8. The molecule has 1 unspecified atom stereocenters. The summed E-state index contributed by atoms with van der Waals surface area (Å²) in [5.41, 5.74) is 9.35. The Morgan fingerprint density at radius 1 is 0.889 bits per heavy atom. The first-order valence-corrected chi connectivity index (χ1v) is 9.18. The normalized spacial score (nSPS) is 11.6. The van der Waals surface area contributed by atoms with Crippen LogP contribution in [-0.4, -0.2) is 5.91 Å². The van der Waals surface area contributed by atoms with Crippen LogP contribution >= 0.6 is 11.6 Å². The average molecular weight is 380 g/mol. The van der Waals surface area contributed by atoms with Crippen molar-refractivity contribution in [1.29, 1.82) is 0 Å². The van der Waals surface area contributed by atoms with Crippen molar-refractivity contribution < 1.29 is 4.79 Å². The summed E-state index contributed by atoms with van der Waals surface area (Å²) in [5.74, 6) is -0.0641. The molecule has 0 saturated heterocycles. The van der Waals surface area contributed by atoms with E-state index in [2.05, 4.69) is 10.6 Å². The number of nitrogens with two attached hydrogens (primary N) is 1. The standard InChI is InChI=1S/C22H22ClN3O/c23-18-8-12-19(13-9-18)25-21(17-4-2-1-3-5-17)14-22(27)26-20-10-6-16(15-24)7-11-20/h1-13,21,25H,14-15,24H2,(H,26,27). The fourth-order valence-electron chi connectivity index (χ4n) is 2.81. The topological polar surface area (TPSA) is 67.1 Å². The first kappa shape index (κ1) is 19.0. The van der Waals surface area contributed by atoms with Gasteiger partial charge in [0.1, 0.15) is 0 Å². The fraction of sp³-hybridized carbons (Fsp3) is 0.136. The molecule has 0 aromatic heterocycles. The van der Waals surface area contributed by atoms with Crippen LogP contribution < -0.4 is 16.4 Å². The molecule has 0 fully saturated rings. The number of halogens is 1. The monoisotopic (exact) mass is 379 g/mol. The molecule has 0 radical (unpaired) electrons. The van der Waals surface area contributed by atoms with E-state index in [0.717, 1.165) is 22.5 Å². The molecular formula is C22H22ClN3O. The van der Waals surface area contributed by atoms with E-state index in [-0.39, 0.29) is 11.9 Å². The molecule has 3 aromatic carbocycles. The van der Waals surface area contributed by atoms with Gasteiger partial charge < -0.3 is 16.4 Å². The predicted octanol–water partition coefficient (Wildman–Crippen LogP) is 4.98. The van der Waals surface area contributed by atoms with Gasteiger partial charge >= 0.3 is 0 Å². The lowest BCUT2D eigenvalue weighted by atomic mass is 10.0. The van der Waals surface area contributed by atoms with Gasteiger partial charge in [-0.15, -0.1) is 0 Å². The Labute approximate surface area is 164 Å². The molecular weight excluding hydrogens is 358 g/mol. The Hall–Kier alpha value is -2.82. The molecule has 1 amide bonds. The Bertz CT molecular complexity index is 864. The maximum Gasteiger partial charge on any atom is 0.226 e. The van der Waals surface area contributed by atoms with E-state index in [4.69, 9.17) is 17.3 Å². The van der Waals surface area contributed by atoms with E-state index in [1.807, 2.05) is 78.9 Å². The van der Waals surface area contributed by atoms with Crippen LogP contribution in [0, 0.1) is 0 Å². The van der Waals surface area contributed by atoms with Crippen molar-refractivity contribution in [3.63, 3.8) is 0 Å². The minimum atomic E-state index is -0.157. The lowest BCUT2D eigenvalue weighted by Gasteiger charge is -2.20. The van der Waals surface area contributed by atoms with E-state index >= 15 is 0 Å². The highest BCUT2D eigenvalue weighted by Crippen LogP contribution is 2.24. The van der Waals surface area contributed by atoms with Crippen molar-refractivity contribution in [3.05, 3.63) is 95.0 Å². The first-order chi connectivity index (χ1) is 13.1. The summed E-state index contributed by atoms with van der Waals surface area (Å²) < 4.78 is 0. The molecule has 3 aromatic rings. The van der Waals surface area contributed by atoms with Gasteiger partial charge in [-0.05, 0) is 47.5 Å². The van der Waals surface area contributed by atoms with Crippen LogP contribution in [0.4, 0.5) is 11.4 Å². The van der Waals surface area contributed by atoms with Gasteiger partial charge in [-0.1, -0.05) is 54.1 Å². The zero-order valence-corrected chi connectivity index (χ0v) is 15.6. The number of carbonyl (C=O) groups is 1. The van der Waals surface area contributed by atoms with Gasteiger partial charge in [-0.25, -0.2) is 0 Å². The van der Waals surface area contributed by atoms with Crippen LogP contribution in [0.2, 0.25) is 5.02 Å². The van der Waals surface area contributed by atoms with Crippen molar-refractivity contribution in [3.8, 4) is 0 Å². The second-order valence-corrected chi connectivity index (χ2v) is 6.70. The van der Waals surface area contributed by atoms with Crippen LogP contribution in [0.25, 0.3) is 0 Å². The van der Waals surface area contributed by atoms with Crippen molar-refractivity contribution in [2.24, 2.45) is 5.73 Å². The highest BCUT2D eigenvalue weighted by molar-refractivity contribution is 6.30. The molecule has 3 rings (SSSR count). The Kier molecular flexibility index (Phi) is 6.47. The third-order valence-corrected chi connectivity index (χ3v) is 4.50. The smallest absolute Gasteiger partial charge is 0.226 e. The largest absolute Gasteiger partial charge is 0.378 e. The molecule has 0 aliphatic rings. The third kappa shape index (κ3) is 5.58. The minimum absolute atomic E-state index is 0.0641. The zero-order valence-electron chi connectivity index (χ0n) is 14.9. The SMILES string of the molecule is NCc1ccc(NC(=O)CC(Nc2ccc(Cl)cc2)c2ccccc2)cc1. The second-order valence-electron chi connectivity index (χ2n) is 6.27. The maximum absolute atomic E-state index is 12.6. The number of anilines is 2. The van der Waals surface area contributed by atoms with Gasteiger partial charge in [0.2, 0.25) is 5.91 Å². The average Bonchev–Trinajstić information content (AvgIpc) is 2.70. The number of benzene rings is 3. The molecule has 138 valence electrons. The van der Waals surface area contributed by atoms with E-state index in [1.165, 1.54) is 0 Å². The Balaban J connectivity index is 1.72. The van der Waals surface area contributed by atoms with Gasteiger partial charge in [0, 0.05) is 22.9 Å². The number of carbonyl (C=O) groups excluding carboxylic acids is 1. The molecule has 0 spiro atoms. The minimum Gasteiger partial charge on any atom is -0.378 e. The number of rotatable bonds is 7. The molecule has 27 heavy (non-hydrogen) atoms. The van der Waals surface area contributed by atoms with E-state index < -0.39 is 0 Å². The lowest BCUT2D eigenvalue weighted by molar-refractivity contribution is -0.116. The lowest BCUT2D eigenvalue weighted by Crippen LogP contribution is -2.20. The summed E-state index contributed by atoms with van der Waals surface area (Å²) in [7, 11) is 0. The molecule has 0 aliphatic heterocycles. The Morgan fingerprint density at radius 2 is 1.52 bits per heavy atom. The van der Waals surface area contributed by atoms with Crippen LogP contribution in [-0.2, 0) is 11.3 Å². The molecule has 4 N–H and O–H groups in total. The van der Waals surface area contributed by atoms with Gasteiger partial charge in [0.15, 0.2) is 0 Å². The van der Waals surface area contributed by atoms with Crippen molar-refractivity contribution in [2.75, 3.05) is 10.6 Å². The molecule has 0 aliphatic carbocycles.